The monoisotopic (exact) mass is 311 g/mol. The van der Waals surface area contributed by atoms with Crippen LogP contribution in [-0.4, -0.2) is 53.9 Å². The number of alkyl halides is 1. The molecule has 2 rings (SSSR count). The van der Waals surface area contributed by atoms with Crippen molar-refractivity contribution in [1.82, 2.24) is 4.90 Å². The topological polar surface area (TPSA) is 76.1 Å². The minimum absolute atomic E-state index is 0.0776. The van der Waals surface area contributed by atoms with Gasteiger partial charge in [0.25, 0.3) is 5.91 Å². The Morgan fingerprint density at radius 2 is 1.86 bits per heavy atom. The maximum atomic E-state index is 13.9. The fourth-order valence-corrected chi connectivity index (χ4v) is 2.20. The first-order valence-corrected chi connectivity index (χ1v) is 7.00. The standard InChI is InChI=1S/C15H18FNO5/c1-2-21-11-3-5-12(6-4-11)22-9-13(18)17-8-7-15(16,10-17)14(19)20/h3-6H,2,7-10H2,1H3,(H,19,20). The molecule has 7 heteroatoms. The molecule has 1 amide bonds. The van der Waals surface area contributed by atoms with Crippen LogP contribution >= 0.6 is 0 Å². The van der Waals surface area contributed by atoms with Crippen molar-refractivity contribution in [3.05, 3.63) is 24.3 Å². The summed E-state index contributed by atoms with van der Waals surface area (Å²) in [4.78, 5) is 23.9. The Morgan fingerprint density at radius 1 is 1.27 bits per heavy atom. The summed E-state index contributed by atoms with van der Waals surface area (Å²) >= 11 is 0. The quantitative estimate of drug-likeness (QED) is 0.861. The molecule has 22 heavy (non-hydrogen) atoms. The van der Waals surface area contributed by atoms with Crippen LogP contribution in [0, 0.1) is 0 Å². The van der Waals surface area contributed by atoms with Crippen molar-refractivity contribution in [3.8, 4) is 11.5 Å². The Kier molecular flexibility index (Phi) is 4.85. The van der Waals surface area contributed by atoms with E-state index in [4.69, 9.17) is 14.6 Å². The third kappa shape index (κ3) is 3.66. The number of carbonyl (C=O) groups excluding carboxylic acids is 1. The zero-order chi connectivity index (χ0) is 16.2. The second kappa shape index (κ2) is 6.64. The first-order valence-electron chi connectivity index (χ1n) is 7.00. The van der Waals surface area contributed by atoms with Crippen LogP contribution in [-0.2, 0) is 9.59 Å². The summed E-state index contributed by atoms with van der Waals surface area (Å²) in [5, 5.41) is 8.79. The van der Waals surface area contributed by atoms with Gasteiger partial charge in [-0.25, -0.2) is 9.18 Å². The van der Waals surface area contributed by atoms with Crippen molar-refractivity contribution in [3.63, 3.8) is 0 Å². The van der Waals surface area contributed by atoms with Gasteiger partial charge < -0.3 is 19.5 Å². The molecular weight excluding hydrogens is 293 g/mol. The lowest BCUT2D eigenvalue weighted by atomic mass is 10.1. The van der Waals surface area contributed by atoms with E-state index in [9.17, 15) is 14.0 Å². The number of amides is 1. The average molecular weight is 311 g/mol. The van der Waals surface area contributed by atoms with Gasteiger partial charge in [0.05, 0.1) is 13.2 Å². The molecule has 0 aliphatic carbocycles. The number of hydrogen-bond donors (Lipinski definition) is 1. The molecule has 1 aliphatic rings. The van der Waals surface area contributed by atoms with Crippen LogP contribution in [0.15, 0.2) is 24.3 Å². The summed E-state index contributed by atoms with van der Waals surface area (Å²) < 4.78 is 24.5. The third-order valence-corrected chi connectivity index (χ3v) is 3.45. The maximum Gasteiger partial charge on any atom is 0.343 e. The van der Waals surface area contributed by atoms with Crippen molar-refractivity contribution >= 4 is 11.9 Å². The van der Waals surface area contributed by atoms with Crippen LogP contribution in [0.5, 0.6) is 11.5 Å². The highest BCUT2D eigenvalue weighted by Crippen LogP contribution is 2.26. The van der Waals surface area contributed by atoms with Gasteiger partial charge >= 0.3 is 5.97 Å². The lowest BCUT2D eigenvalue weighted by molar-refractivity contribution is -0.150. The smallest absolute Gasteiger partial charge is 0.343 e. The number of rotatable bonds is 6. The molecule has 0 radical (unpaired) electrons. The number of nitrogens with zero attached hydrogens (tertiary/aromatic N) is 1. The Morgan fingerprint density at radius 3 is 2.36 bits per heavy atom. The number of aliphatic carboxylic acids is 1. The van der Waals surface area contributed by atoms with Crippen LogP contribution in [0.2, 0.25) is 0 Å². The Hall–Kier alpha value is -2.31. The van der Waals surface area contributed by atoms with Gasteiger partial charge in [-0.05, 0) is 31.2 Å². The Labute approximate surface area is 127 Å². The Bertz CT molecular complexity index is 547. The molecule has 1 heterocycles. The van der Waals surface area contributed by atoms with E-state index in [0.717, 1.165) is 0 Å². The van der Waals surface area contributed by atoms with E-state index < -0.39 is 24.1 Å². The number of carbonyl (C=O) groups is 2. The molecule has 1 unspecified atom stereocenters. The zero-order valence-electron chi connectivity index (χ0n) is 12.3. The predicted molar refractivity (Wildman–Crippen MR) is 75.8 cm³/mol. The molecule has 120 valence electrons. The van der Waals surface area contributed by atoms with Crippen LogP contribution in [0.25, 0.3) is 0 Å². The first kappa shape index (κ1) is 16.1. The van der Waals surface area contributed by atoms with E-state index in [-0.39, 0.29) is 19.6 Å². The second-order valence-electron chi connectivity index (χ2n) is 5.03. The number of hydrogen-bond acceptors (Lipinski definition) is 4. The normalized spacial score (nSPS) is 20.7. The number of ether oxygens (including phenoxy) is 2. The second-order valence-corrected chi connectivity index (χ2v) is 5.03. The van der Waals surface area contributed by atoms with E-state index in [1.807, 2.05) is 6.92 Å². The first-order chi connectivity index (χ1) is 10.4. The molecule has 1 fully saturated rings. The summed E-state index contributed by atoms with van der Waals surface area (Å²) in [5.41, 5.74) is -2.35. The highest BCUT2D eigenvalue weighted by molar-refractivity contribution is 5.83. The molecule has 0 spiro atoms. The third-order valence-electron chi connectivity index (χ3n) is 3.45. The van der Waals surface area contributed by atoms with Gasteiger partial charge in [0.2, 0.25) is 5.67 Å². The van der Waals surface area contributed by atoms with Crippen LogP contribution < -0.4 is 9.47 Å². The minimum atomic E-state index is -2.35. The van der Waals surface area contributed by atoms with Crippen LogP contribution in [0.1, 0.15) is 13.3 Å². The number of halogens is 1. The van der Waals surface area contributed by atoms with Gasteiger partial charge in [-0.15, -0.1) is 0 Å². The van der Waals surface area contributed by atoms with Crippen molar-refractivity contribution in [2.75, 3.05) is 26.3 Å². The van der Waals surface area contributed by atoms with Gasteiger partial charge in [-0.1, -0.05) is 0 Å². The highest BCUT2D eigenvalue weighted by atomic mass is 19.1. The fourth-order valence-electron chi connectivity index (χ4n) is 2.20. The molecule has 0 bridgehead atoms. The molecule has 6 nitrogen and oxygen atoms in total. The molecule has 0 aromatic heterocycles. The average Bonchev–Trinajstić information content (AvgIpc) is 2.91. The fraction of sp³-hybridized carbons (Fsp3) is 0.467. The van der Waals surface area contributed by atoms with E-state index in [1.165, 1.54) is 4.90 Å². The molecular formula is C15H18FNO5. The summed E-state index contributed by atoms with van der Waals surface area (Å²) in [6.45, 7) is 1.81. The summed E-state index contributed by atoms with van der Waals surface area (Å²) in [6, 6.07) is 6.77. The number of likely N-dealkylation sites (tertiary alicyclic amines) is 1. The molecule has 1 atom stereocenters. The SMILES string of the molecule is CCOc1ccc(OCC(=O)N2CCC(F)(C(=O)O)C2)cc1. The summed E-state index contributed by atoms with van der Waals surface area (Å²) in [6.07, 6.45) is -0.197. The molecule has 1 aliphatic heterocycles. The molecule has 1 aromatic carbocycles. The van der Waals surface area contributed by atoms with E-state index in [2.05, 4.69) is 0 Å². The van der Waals surface area contributed by atoms with Gasteiger partial charge in [0, 0.05) is 13.0 Å². The predicted octanol–water partition coefficient (Wildman–Crippen LogP) is 1.49. The van der Waals surface area contributed by atoms with Crippen molar-refractivity contribution < 1.29 is 28.6 Å². The van der Waals surface area contributed by atoms with Crippen molar-refractivity contribution in [1.29, 1.82) is 0 Å². The lowest BCUT2D eigenvalue weighted by Gasteiger charge is -2.18. The Balaban J connectivity index is 1.84. The molecule has 1 aromatic rings. The number of benzene rings is 1. The van der Waals surface area contributed by atoms with Gasteiger partial charge in [0.15, 0.2) is 6.61 Å². The summed E-state index contributed by atoms with van der Waals surface area (Å²) in [7, 11) is 0. The van der Waals surface area contributed by atoms with Gasteiger partial charge in [-0.2, -0.15) is 0 Å². The van der Waals surface area contributed by atoms with E-state index in [1.54, 1.807) is 24.3 Å². The molecule has 1 N–H and O–H groups in total. The van der Waals surface area contributed by atoms with Crippen molar-refractivity contribution in [2.24, 2.45) is 0 Å². The largest absolute Gasteiger partial charge is 0.494 e. The molecule has 0 saturated carbocycles. The maximum absolute atomic E-state index is 13.9. The zero-order valence-corrected chi connectivity index (χ0v) is 12.3. The van der Waals surface area contributed by atoms with Gasteiger partial charge in [-0.3, -0.25) is 4.79 Å². The number of carboxylic acid groups (broad SMARTS) is 1. The van der Waals surface area contributed by atoms with Gasteiger partial charge in [0.1, 0.15) is 11.5 Å². The van der Waals surface area contributed by atoms with Crippen LogP contribution in [0.4, 0.5) is 4.39 Å². The number of carboxylic acids is 1. The lowest BCUT2D eigenvalue weighted by Crippen LogP contribution is -2.40. The minimum Gasteiger partial charge on any atom is -0.494 e. The van der Waals surface area contributed by atoms with E-state index in [0.29, 0.717) is 18.1 Å². The summed E-state index contributed by atoms with van der Waals surface area (Å²) in [5.74, 6) is -0.782. The molecule has 1 saturated heterocycles. The van der Waals surface area contributed by atoms with Crippen LogP contribution in [0.3, 0.4) is 0 Å². The van der Waals surface area contributed by atoms with E-state index >= 15 is 0 Å². The highest BCUT2D eigenvalue weighted by Gasteiger charge is 2.46. The van der Waals surface area contributed by atoms with Crippen molar-refractivity contribution in [2.45, 2.75) is 19.0 Å².